The lowest BCUT2D eigenvalue weighted by molar-refractivity contribution is -0.130. The van der Waals surface area contributed by atoms with Crippen molar-refractivity contribution >= 4 is 17.5 Å². The van der Waals surface area contributed by atoms with Gasteiger partial charge in [-0.25, -0.2) is 4.98 Å². The van der Waals surface area contributed by atoms with Crippen molar-refractivity contribution in [3.8, 4) is 0 Å². The maximum atomic E-state index is 12.0. The van der Waals surface area contributed by atoms with Gasteiger partial charge in [0.1, 0.15) is 5.82 Å². The van der Waals surface area contributed by atoms with Gasteiger partial charge in [-0.15, -0.1) is 0 Å². The first-order valence-electron chi connectivity index (χ1n) is 6.53. The zero-order valence-corrected chi connectivity index (χ0v) is 12.4. The van der Waals surface area contributed by atoms with Crippen molar-refractivity contribution < 1.29 is 4.79 Å². The first-order chi connectivity index (χ1) is 9.56. The minimum Gasteiger partial charge on any atom is -0.347 e. The lowest BCUT2D eigenvalue weighted by Crippen LogP contribution is -2.26. The summed E-state index contributed by atoms with van der Waals surface area (Å²) in [4.78, 5) is 20.8. The smallest absolute Gasteiger partial charge is 0.223 e. The van der Waals surface area contributed by atoms with E-state index in [2.05, 4.69) is 9.97 Å². The number of benzene rings is 1. The fourth-order valence-electron chi connectivity index (χ4n) is 1.93. The summed E-state index contributed by atoms with van der Waals surface area (Å²) in [5, 5.41) is 0.749. The number of amides is 1. The van der Waals surface area contributed by atoms with Crippen molar-refractivity contribution in [1.82, 2.24) is 14.9 Å². The monoisotopic (exact) mass is 291 g/mol. The van der Waals surface area contributed by atoms with Crippen molar-refractivity contribution in [2.24, 2.45) is 0 Å². The van der Waals surface area contributed by atoms with Crippen LogP contribution in [0, 0.1) is 6.92 Å². The molecule has 1 N–H and O–H groups in total. The molecule has 2 aromatic rings. The third-order valence-corrected chi connectivity index (χ3v) is 3.64. The summed E-state index contributed by atoms with van der Waals surface area (Å²) in [6.07, 6.45) is 4.60. The number of hydrogen-bond acceptors (Lipinski definition) is 2. The van der Waals surface area contributed by atoms with E-state index in [-0.39, 0.29) is 5.91 Å². The van der Waals surface area contributed by atoms with Gasteiger partial charge in [-0.3, -0.25) is 4.79 Å². The van der Waals surface area contributed by atoms with Crippen molar-refractivity contribution in [3.05, 3.63) is 52.6 Å². The number of H-pyrrole nitrogens is 1. The van der Waals surface area contributed by atoms with E-state index in [1.807, 2.05) is 25.1 Å². The van der Waals surface area contributed by atoms with E-state index in [0.717, 1.165) is 22.0 Å². The van der Waals surface area contributed by atoms with Crippen LogP contribution < -0.4 is 0 Å². The minimum atomic E-state index is 0.0955. The molecule has 0 aliphatic carbocycles. The Morgan fingerprint density at radius 2 is 2.25 bits per heavy atom. The van der Waals surface area contributed by atoms with E-state index in [4.69, 9.17) is 11.6 Å². The number of nitrogens with one attached hydrogen (secondary N) is 1. The Hall–Kier alpha value is -1.81. The van der Waals surface area contributed by atoms with Crippen LogP contribution in [0.5, 0.6) is 0 Å². The number of nitrogens with zero attached hydrogens (tertiary/aromatic N) is 2. The molecule has 0 bridgehead atoms. The third-order valence-electron chi connectivity index (χ3n) is 3.23. The van der Waals surface area contributed by atoms with Crippen molar-refractivity contribution in [2.45, 2.75) is 26.3 Å². The van der Waals surface area contributed by atoms with Crippen molar-refractivity contribution in [1.29, 1.82) is 0 Å². The lowest BCUT2D eigenvalue weighted by Gasteiger charge is -2.15. The Kier molecular flexibility index (Phi) is 4.79. The second-order valence-electron chi connectivity index (χ2n) is 4.87. The number of hydrogen-bond donors (Lipinski definition) is 1. The fraction of sp³-hybridized carbons (Fsp3) is 0.333. The number of aryl methyl sites for hydroxylation is 2. The lowest BCUT2D eigenvalue weighted by atomic mass is 10.1. The summed E-state index contributed by atoms with van der Waals surface area (Å²) < 4.78 is 0. The second-order valence-corrected chi connectivity index (χ2v) is 5.28. The Bertz CT molecular complexity index is 581. The molecule has 1 amide bonds. The third kappa shape index (κ3) is 3.84. The zero-order valence-electron chi connectivity index (χ0n) is 11.7. The van der Waals surface area contributed by atoms with Gasteiger partial charge in [0.15, 0.2) is 0 Å². The van der Waals surface area contributed by atoms with Gasteiger partial charge in [-0.1, -0.05) is 23.7 Å². The maximum Gasteiger partial charge on any atom is 0.223 e. The average molecular weight is 292 g/mol. The summed E-state index contributed by atoms with van der Waals surface area (Å²) in [5.74, 6) is 0.886. The van der Waals surface area contributed by atoms with E-state index >= 15 is 0 Å². The number of aromatic nitrogens is 2. The molecule has 0 spiro atoms. The highest BCUT2D eigenvalue weighted by molar-refractivity contribution is 6.31. The van der Waals surface area contributed by atoms with Crippen LogP contribution in [0.2, 0.25) is 5.02 Å². The fourth-order valence-corrected chi connectivity index (χ4v) is 2.13. The van der Waals surface area contributed by atoms with Crippen LogP contribution >= 0.6 is 11.6 Å². The van der Waals surface area contributed by atoms with E-state index in [1.165, 1.54) is 0 Å². The van der Waals surface area contributed by atoms with Gasteiger partial charge < -0.3 is 9.88 Å². The highest BCUT2D eigenvalue weighted by Crippen LogP contribution is 2.17. The minimum absolute atomic E-state index is 0.0955. The van der Waals surface area contributed by atoms with Crippen LogP contribution in [-0.4, -0.2) is 27.8 Å². The van der Waals surface area contributed by atoms with E-state index < -0.39 is 0 Å². The average Bonchev–Trinajstić information content (AvgIpc) is 2.92. The second kappa shape index (κ2) is 6.57. The first kappa shape index (κ1) is 14.6. The van der Waals surface area contributed by atoms with Crippen LogP contribution in [0.4, 0.5) is 0 Å². The van der Waals surface area contributed by atoms with Gasteiger partial charge in [0.05, 0.1) is 6.54 Å². The molecule has 0 atom stereocenters. The molecule has 1 aromatic carbocycles. The normalized spacial score (nSPS) is 10.6. The van der Waals surface area contributed by atoms with Gasteiger partial charge in [0, 0.05) is 30.9 Å². The Morgan fingerprint density at radius 1 is 1.45 bits per heavy atom. The molecule has 0 unspecified atom stereocenters. The Balaban J connectivity index is 1.86. The Morgan fingerprint density at radius 3 is 2.90 bits per heavy atom. The molecule has 20 heavy (non-hydrogen) atoms. The van der Waals surface area contributed by atoms with Crippen molar-refractivity contribution in [3.63, 3.8) is 0 Å². The standard InChI is InChI=1S/C15H18ClN3O/c1-11-3-4-12(9-13(11)16)5-6-15(20)19(2)10-14-17-7-8-18-14/h3-4,7-9H,5-6,10H2,1-2H3,(H,17,18). The SMILES string of the molecule is Cc1ccc(CCC(=O)N(C)Cc2ncc[nH]2)cc1Cl. The summed E-state index contributed by atoms with van der Waals surface area (Å²) in [6, 6.07) is 5.92. The van der Waals surface area contributed by atoms with Crippen LogP contribution in [0.3, 0.4) is 0 Å². The summed E-state index contributed by atoms with van der Waals surface area (Å²) in [5.41, 5.74) is 2.14. The van der Waals surface area contributed by atoms with E-state index in [1.54, 1.807) is 24.3 Å². The quantitative estimate of drug-likeness (QED) is 0.921. The van der Waals surface area contributed by atoms with Crippen LogP contribution in [0.1, 0.15) is 23.4 Å². The van der Waals surface area contributed by atoms with E-state index in [9.17, 15) is 4.79 Å². The summed E-state index contributed by atoms with van der Waals surface area (Å²) in [7, 11) is 1.78. The number of carbonyl (C=O) groups is 1. The predicted molar refractivity (Wildman–Crippen MR) is 79.6 cm³/mol. The summed E-state index contributed by atoms with van der Waals surface area (Å²) in [6.45, 7) is 2.47. The highest BCUT2D eigenvalue weighted by atomic mass is 35.5. The molecule has 106 valence electrons. The van der Waals surface area contributed by atoms with Crippen LogP contribution in [0.15, 0.2) is 30.6 Å². The Labute approximate surface area is 123 Å². The first-order valence-corrected chi connectivity index (χ1v) is 6.91. The molecule has 0 saturated heterocycles. The molecule has 1 heterocycles. The molecule has 0 saturated carbocycles. The maximum absolute atomic E-state index is 12.0. The molecule has 0 radical (unpaired) electrons. The molecule has 5 heteroatoms. The van der Waals surface area contributed by atoms with E-state index in [0.29, 0.717) is 19.4 Å². The molecule has 2 rings (SSSR count). The van der Waals surface area contributed by atoms with Gasteiger partial charge in [-0.2, -0.15) is 0 Å². The topological polar surface area (TPSA) is 49.0 Å². The molecular formula is C15H18ClN3O. The largest absolute Gasteiger partial charge is 0.347 e. The molecule has 0 aliphatic heterocycles. The zero-order chi connectivity index (χ0) is 14.5. The molecule has 0 fully saturated rings. The molecular weight excluding hydrogens is 274 g/mol. The van der Waals surface area contributed by atoms with Crippen LogP contribution in [-0.2, 0) is 17.8 Å². The number of aromatic amines is 1. The molecule has 1 aromatic heterocycles. The summed E-state index contributed by atoms with van der Waals surface area (Å²) >= 11 is 6.08. The number of carbonyl (C=O) groups excluding carboxylic acids is 1. The van der Waals surface area contributed by atoms with Gasteiger partial charge in [0.2, 0.25) is 5.91 Å². The molecule has 4 nitrogen and oxygen atoms in total. The van der Waals surface area contributed by atoms with Crippen molar-refractivity contribution in [2.75, 3.05) is 7.05 Å². The van der Waals surface area contributed by atoms with Crippen LogP contribution in [0.25, 0.3) is 0 Å². The van der Waals surface area contributed by atoms with Gasteiger partial charge in [0.25, 0.3) is 0 Å². The number of rotatable bonds is 5. The van der Waals surface area contributed by atoms with Gasteiger partial charge >= 0.3 is 0 Å². The number of imidazole rings is 1. The molecule has 0 aliphatic rings. The predicted octanol–water partition coefficient (Wildman–Crippen LogP) is 2.96. The number of halogens is 1. The highest BCUT2D eigenvalue weighted by Gasteiger charge is 2.10. The van der Waals surface area contributed by atoms with Gasteiger partial charge in [-0.05, 0) is 30.5 Å².